The zero-order valence-electron chi connectivity index (χ0n) is 22.1. The van der Waals surface area contributed by atoms with Crippen LogP contribution in [0.1, 0.15) is 28.5 Å². The van der Waals surface area contributed by atoms with Crippen LogP contribution in [-0.2, 0) is 4.79 Å². The Labute approximate surface area is 234 Å². The molecule has 0 unspecified atom stereocenters. The standard InChI is InChI=1S/C28H28FN9O3/c1-38-36-25(35-37-38)24(16-5-3-2-4-6-16)31-11-12-32-27(40)22-13-17(9-10-30-22)28-34-21-14-18(7-8-23(21)41-28)33-26(39)19-15-20(19)29/h2-10,13-14,19-20,24,31,37H,11-12,15H2,1H3,(H,32,40)(H,33,39)(H,35,36)/t19-,20-,24-/m1/s1. The predicted molar refractivity (Wildman–Crippen MR) is 150 cm³/mol. The Hall–Kier alpha value is -4.88. The van der Waals surface area contributed by atoms with E-state index in [0.717, 1.165) is 5.56 Å². The molecule has 2 aliphatic rings. The summed E-state index contributed by atoms with van der Waals surface area (Å²) in [5.74, 6) is -0.246. The maximum Gasteiger partial charge on any atom is 0.269 e. The van der Waals surface area contributed by atoms with Gasteiger partial charge < -0.3 is 20.4 Å². The lowest BCUT2D eigenvalue weighted by Crippen LogP contribution is -2.43. The topological polar surface area (TPSA) is 149 Å². The molecule has 4 aromatic rings. The SMILES string of the molecule is CN1N=C([C@H](NCCNC(=O)c2cc(-c3nc4cc(NC(=O)[C@@H]5C[C@H]5F)ccc4o3)ccn2)c2ccccc2)NN1. The number of hydrazone groups is 1. The summed E-state index contributed by atoms with van der Waals surface area (Å²) < 4.78 is 19.0. The minimum atomic E-state index is -1.07. The Kier molecular flexibility index (Phi) is 7.27. The van der Waals surface area contributed by atoms with E-state index in [-0.39, 0.29) is 30.0 Å². The molecule has 0 saturated heterocycles. The highest BCUT2D eigenvalue weighted by atomic mass is 19.1. The Morgan fingerprint density at radius 3 is 2.73 bits per heavy atom. The maximum absolute atomic E-state index is 13.2. The number of oxazole rings is 1. The molecule has 3 atom stereocenters. The number of alkyl halides is 1. The quantitative estimate of drug-likeness (QED) is 0.186. The van der Waals surface area contributed by atoms with Gasteiger partial charge in [0, 0.05) is 37.6 Å². The van der Waals surface area contributed by atoms with Gasteiger partial charge in [-0.15, -0.1) is 10.6 Å². The molecule has 1 saturated carbocycles. The largest absolute Gasteiger partial charge is 0.436 e. The fraction of sp³-hybridized carbons (Fsp3) is 0.250. The summed E-state index contributed by atoms with van der Waals surface area (Å²) in [5, 5.41) is 15.0. The number of carbonyl (C=O) groups is 2. The van der Waals surface area contributed by atoms with Gasteiger partial charge in [0.2, 0.25) is 11.8 Å². The molecule has 210 valence electrons. The van der Waals surface area contributed by atoms with Crippen LogP contribution < -0.4 is 26.9 Å². The molecule has 2 aromatic heterocycles. The number of rotatable bonds is 10. The van der Waals surface area contributed by atoms with Gasteiger partial charge in [-0.25, -0.2) is 14.5 Å². The van der Waals surface area contributed by atoms with Crippen LogP contribution in [0.5, 0.6) is 0 Å². The van der Waals surface area contributed by atoms with Crippen molar-refractivity contribution in [2.45, 2.75) is 18.6 Å². The van der Waals surface area contributed by atoms with E-state index in [4.69, 9.17) is 4.42 Å². The van der Waals surface area contributed by atoms with Crippen LogP contribution in [0.25, 0.3) is 22.6 Å². The van der Waals surface area contributed by atoms with E-state index in [2.05, 4.69) is 42.0 Å². The Morgan fingerprint density at radius 1 is 1.15 bits per heavy atom. The molecule has 3 heterocycles. The number of amides is 2. The monoisotopic (exact) mass is 557 g/mol. The van der Waals surface area contributed by atoms with Crippen LogP contribution in [-0.4, -0.2) is 59.0 Å². The number of aromatic nitrogens is 2. The number of hydrazine groups is 2. The maximum atomic E-state index is 13.2. The molecular formula is C28H28FN9O3. The van der Waals surface area contributed by atoms with Crippen molar-refractivity contribution in [3.63, 3.8) is 0 Å². The summed E-state index contributed by atoms with van der Waals surface area (Å²) in [6, 6.07) is 18.0. The van der Waals surface area contributed by atoms with E-state index >= 15 is 0 Å². The second-order valence-corrected chi connectivity index (χ2v) is 9.78. The van der Waals surface area contributed by atoms with E-state index < -0.39 is 12.1 Å². The minimum Gasteiger partial charge on any atom is -0.436 e. The van der Waals surface area contributed by atoms with Gasteiger partial charge in [-0.2, -0.15) is 0 Å². The fourth-order valence-corrected chi connectivity index (χ4v) is 4.47. The number of hydrogen-bond donors (Lipinski definition) is 5. The third-order valence-electron chi connectivity index (χ3n) is 6.71. The van der Waals surface area contributed by atoms with Crippen molar-refractivity contribution in [1.29, 1.82) is 0 Å². The number of fused-ring (bicyclic) bond motifs is 1. The third kappa shape index (κ3) is 6.00. The molecular weight excluding hydrogens is 529 g/mol. The number of carbonyl (C=O) groups excluding carboxylic acids is 2. The number of halogens is 1. The van der Waals surface area contributed by atoms with E-state index in [1.807, 2.05) is 30.3 Å². The van der Waals surface area contributed by atoms with E-state index in [0.29, 0.717) is 47.2 Å². The summed E-state index contributed by atoms with van der Waals surface area (Å²) in [4.78, 5) is 33.6. The normalized spacial score (nSPS) is 18.5. The highest BCUT2D eigenvalue weighted by Crippen LogP contribution is 2.35. The Morgan fingerprint density at radius 2 is 1.98 bits per heavy atom. The van der Waals surface area contributed by atoms with Crippen molar-refractivity contribution in [2.24, 2.45) is 11.0 Å². The van der Waals surface area contributed by atoms with Gasteiger partial charge in [-0.05, 0) is 42.3 Å². The number of nitrogens with zero attached hydrogens (tertiary/aromatic N) is 4. The zero-order valence-corrected chi connectivity index (χ0v) is 22.1. The van der Waals surface area contributed by atoms with Crippen molar-refractivity contribution in [2.75, 3.05) is 25.5 Å². The number of amidine groups is 1. The minimum absolute atomic E-state index is 0.200. The molecule has 2 amide bonds. The Bertz CT molecular complexity index is 1610. The first-order chi connectivity index (χ1) is 19.9. The summed E-state index contributed by atoms with van der Waals surface area (Å²) in [6.45, 7) is 0.832. The lowest BCUT2D eigenvalue weighted by atomic mass is 10.1. The molecule has 2 aromatic carbocycles. The highest BCUT2D eigenvalue weighted by molar-refractivity contribution is 5.96. The first-order valence-electron chi connectivity index (χ1n) is 13.2. The molecule has 41 heavy (non-hydrogen) atoms. The smallest absolute Gasteiger partial charge is 0.269 e. The summed E-state index contributed by atoms with van der Waals surface area (Å²) in [7, 11) is 1.79. The van der Waals surface area contributed by atoms with Gasteiger partial charge in [-0.3, -0.25) is 20.0 Å². The van der Waals surface area contributed by atoms with Crippen LogP contribution in [0.15, 0.2) is 76.4 Å². The van der Waals surface area contributed by atoms with Crippen LogP contribution in [0.3, 0.4) is 0 Å². The molecule has 1 fully saturated rings. The number of anilines is 1. The van der Waals surface area contributed by atoms with Crippen molar-refractivity contribution in [3.05, 3.63) is 78.1 Å². The number of pyridine rings is 1. The second kappa shape index (κ2) is 11.3. The lowest BCUT2D eigenvalue weighted by Gasteiger charge is -2.18. The van der Waals surface area contributed by atoms with Gasteiger partial charge in [0.05, 0.1) is 12.0 Å². The first-order valence-corrected chi connectivity index (χ1v) is 13.2. The van der Waals surface area contributed by atoms with Crippen LogP contribution >= 0.6 is 0 Å². The van der Waals surface area contributed by atoms with Gasteiger partial charge in [0.25, 0.3) is 5.91 Å². The number of benzene rings is 2. The second-order valence-electron chi connectivity index (χ2n) is 9.78. The molecule has 0 spiro atoms. The summed E-state index contributed by atoms with van der Waals surface area (Å²) in [5.41, 5.74) is 9.34. The zero-order chi connectivity index (χ0) is 28.3. The summed E-state index contributed by atoms with van der Waals surface area (Å²) in [6.07, 6.45) is 0.709. The predicted octanol–water partition coefficient (Wildman–Crippen LogP) is 2.52. The van der Waals surface area contributed by atoms with E-state index in [1.54, 1.807) is 42.5 Å². The molecule has 0 radical (unpaired) electrons. The number of nitrogens with one attached hydrogen (secondary N) is 5. The third-order valence-corrected chi connectivity index (χ3v) is 6.71. The molecule has 1 aliphatic carbocycles. The van der Waals surface area contributed by atoms with E-state index in [9.17, 15) is 14.0 Å². The van der Waals surface area contributed by atoms with Gasteiger partial charge in [0.1, 0.15) is 17.4 Å². The van der Waals surface area contributed by atoms with E-state index in [1.165, 1.54) is 6.20 Å². The van der Waals surface area contributed by atoms with Crippen molar-refractivity contribution < 1.29 is 18.4 Å². The first kappa shape index (κ1) is 26.3. The van der Waals surface area contributed by atoms with Crippen molar-refractivity contribution in [3.8, 4) is 11.5 Å². The average Bonchev–Trinajstić information content (AvgIpc) is 3.35. The number of hydrogen-bond acceptors (Lipinski definition) is 10. The van der Waals surface area contributed by atoms with Gasteiger partial charge in [0.15, 0.2) is 11.4 Å². The summed E-state index contributed by atoms with van der Waals surface area (Å²) >= 11 is 0. The van der Waals surface area contributed by atoms with Gasteiger partial charge in [-0.1, -0.05) is 30.3 Å². The van der Waals surface area contributed by atoms with Crippen LogP contribution in [0.4, 0.5) is 10.1 Å². The van der Waals surface area contributed by atoms with Gasteiger partial charge >= 0.3 is 0 Å². The average molecular weight is 558 g/mol. The molecule has 13 heteroatoms. The van der Waals surface area contributed by atoms with Crippen LogP contribution in [0.2, 0.25) is 0 Å². The molecule has 12 nitrogen and oxygen atoms in total. The fourth-order valence-electron chi connectivity index (χ4n) is 4.47. The highest BCUT2D eigenvalue weighted by Gasteiger charge is 2.43. The van der Waals surface area contributed by atoms with Crippen molar-refractivity contribution in [1.82, 2.24) is 36.7 Å². The molecule has 1 aliphatic heterocycles. The van der Waals surface area contributed by atoms with Crippen LogP contribution in [0, 0.1) is 5.92 Å². The molecule has 5 N–H and O–H groups in total. The molecule has 6 rings (SSSR count). The lowest BCUT2D eigenvalue weighted by molar-refractivity contribution is -0.117. The Balaban J connectivity index is 1.08. The van der Waals surface area contributed by atoms with Crippen molar-refractivity contribution >= 4 is 34.4 Å². The molecule has 0 bridgehead atoms.